The van der Waals surface area contributed by atoms with Crippen LogP contribution in [0.2, 0.25) is 5.02 Å². The van der Waals surface area contributed by atoms with Crippen LogP contribution in [0.4, 0.5) is 5.69 Å². The Hall–Kier alpha value is -2.05. The first-order chi connectivity index (χ1) is 10.6. The van der Waals surface area contributed by atoms with Gasteiger partial charge in [-0.15, -0.1) is 0 Å². The lowest BCUT2D eigenvalue weighted by Gasteiger charge is -2.35. The van der Waals surface area contributed by atoms with Gasteiger partial charge >= 0.3 is 5.97 Å². The molecule has 0 atom stereocenters. The number of furan rings is 1. The molecule has 2 aromatic heterocycles. The van der Waals surface area contributed by atoms with Crippen molar-refractivity contribution in [3.63, 3.8) is 0 Å². The molecule has 3 heterocycles. The summed E-state index contributed by atoms with van der Waals surface area (Å²) in [6.07, 6.45) is 3.39. The number of carbonyl (C=O) groups is 1. The lowest BCUT2D eigenvalue weighted by atomic mass is 10.2. The molecule has 1 saturated heterocycles. The summed E-state index contributed by atoms with van der Waals surface area (Å²) in [5.41, 5.74) is 1.00. The number of nitrogens with zero attached hydrogens (tertiary/aromatic N) is 3. The molecule has 116 valence electrons. The third-order valence-corrected chi connectivity index (χ3v) is 4.01. The number of rotatable bonds is 4. The van der Waals surface area contributed by atoms with E-state index in [0.29, 0.717) is 17.3 Å². The highest BCUT2D eigenvalue weighted by Gasteiger charge is 2.20. The van der Waals surface area contributed by atoms with E-state index in [-0.39, 0.29) is 5.76 Å². The van der Waals surface area contributed by atoms with Crippen LogP contribution in [-0.4, -0.2) is 47.1 Å². The van der Waals surface area contributed by atoms with Gasteiger partial charge in [-0.1, -0.05) is 11.6 Å². The van der Waals surface area contributed by atoms with Gasteiger partial charge < -0.3 is 14.4 Å². The molecule has 1 aliphatic rings. The number of aromatic carboxylic acids is 1. The van der Waals surface area contributed by atoms with Gasteiger partial charge in [0.2, 0.25) is 5.76 Å². The van der Waals surface area contributed by atoms with Gasteiger partial charge in [0.25, 0.3) is 0 Å². The number of hydrogen-bond donors (Lipinski definition) is 1. The van der Waals surface area contributed by atoms with Gasteiger partial charge in [0.05, 0.1) is 17.3 Å². The van der Waals surface area contributed by atoms with E-state index < -0.39 is 5.97 Å². The molecule has 7 heteroatoms. The van der Waals surface area contributed by atoms with Crippen LogP contribution in [0, 0.1) is 0 Å². The van der Waals surface area contributed by atoms with Crippen molar-refractivity contribution < 1.29 is 14.3 Å². The number of halogens is 1. The lowest BCUT2D eigenvalue weighted by molar-refractivity contribution is 0.0658. The standard InChI is InChI=1S/C15H16ClN3O3/c16-12-9-17-4-3-13(12)19-7-5-18(6-8-19)10-11-1-2-14(22-11)15(20)21/h1-4,9H,5-8,10H2,(H,20,21). The van der Waals surface area contributed by atoms with Crippen LogP contribution < -0.4 is 4.90 Å². The second-order valence-corrected chi connectivity index (χ2v) is 5.57. The Morgan fingerprint density at radius 1 is 1.27 bits per heavy atom. The Morgan fingerprint density at radius 2 is 2.05 bits per heavy atom. The number of carboxylic acid groups (broad SMARTS) is 1. The van der Waals surface area contributed by atoms with E-state index in [1.54, 1.807) is 18.5 Å². The summed E-state index contributed by atoms with van der Waals surface area (Å²) in [6.45, 7) is 4.06. The van der Waals surface area contributed by atoms with Crippen molar-refractivity contribution in [1.82, 2.24) is 9.88 Å². The van der Waals surface area contributed by atoms with E-state index in [2.05, 4.69) is 14.8 Å². The molecule has 22 heavy (non-hydrogen) atoms. The van der Waals surface area contributed by atoms with Crippen LogP contribution in [-0.2, 0) is 6.54 Å². The Balaban J connectivity index is 1.57. The van der Waals surface area contributed by atoms with Crippen molar-refractivity contribution in [2.45, 2.75) is 6.54 Å². The number of pyridine rings is 1. The van der Waals surface area contributed by atoms with Gasteiger partial charge in [0, 0.05) is 38.6 Å². The molecule has 0 unspecified atom stereocenters. The van der Waals surface area contributed by atoms with Gasteiger partial charge in [0.1, 0.15) is 5.76 Å². The topological polar surface area (TPSA) is 69.8 Å². The molecule has 0 amide bonds. The number of carboxylic acids is 1. The van der Waals surface area contributed by atoms with Crippen LogP contribution >= 0.6 is 11.6 Å². The number of piperazine rings is 1. The Morgan fingerprint density at radius 3 is 2.68 bits per heavy atom. The van der Waals surface area contributed by atoms with E-state index in [0.717, 1.165) is 31.9 Å². The third kappa shape index (κ3) is 3.23. The molecule has 1 N–H and O–H groups in total. The molecule has 1 aliphatic heterocycles. The van der Waals surface area contributed by atoms with Crippen molar-refractivity contribution in [2.24, 2.45) is 0 Å². The zero-order chi connectivity index (χ0) is 15.5. The summed E-state index contributed by atoms with van der Waals surface area (Å²) in [6, 6.07) is 5.13. The third-order valence-electron chi connectivity index (χ3n) is 3.72. The molecule has 0 aliphatic carbocycles. The van der Waals surface area contributed by atoms with E-state index >= 15 is 0 Å². The quantitative estimate of drug-likeness (QED) is 0.932. The summed E-state index contributed by atoms with van der Waals surface area (Å²) in [7, 11) is 0. The molecule has 0 radical (unpaired) electrons. The monoisotopic (exact) mass is 321 g/mol. The molecule has 1 fully saturated rings. The van der Waals surface area contributed by atoms with Crippen molar-refractivity contribution in [3.8, 4) is 0 Å². The van der Waals surface area contributed by atoms with Crippen LogP contribution in [0.15, 0.2) is 35.0 Å². The highest BCUT2D eigenvalue weighted by atomic mass is 35.5. The largest absolute Gasteiger partial charge is 0.475 e. The summed E-state index contributed by atoms with van der Waals surface area (Å²) in [5, 5.41) is 9.52. The molecule has 3 rings (SSSR count). The zero-order valence-electron chi connectivity index (χ0n) is 11.9. The predicted octanol–water partition coefficient (Wildman–Crippen LogP) is 2.35. The smallest absolute Gasteiger partial charge is 0.371 e. The van der Waals surface area contributed by atoms with Crippen molar-refractivity contribution in [3.05, 3.63) is 47.1 Å². The molecule has 0 saturated carbocycles. The minimum absolute atomic E-state index is 0.0165. The molecule has 0 bridgehead atoms. The van der Waals surface area contributed by atoms with E-state index in [4.69, 9.17) is 21.1 Å². The first-order valence-corrected chi connectivity index (χ1v) is 7.40. The van der Waals surface area contributed by atoms with Crippen LogP contribution in [0.3, 0.4) is 0 Å². The normalized spacial score (nSPS) is 16.0. The minimum Gasteiger partial charge on any atom is -0.475 e. The van der Waals surface area contributed by atoms with Gasteiger partial charge in [0.15, 0.2) is 0 Å². The molecular formula is C15H16ClN3O3. The van der Waals surface area contributed by atoms with Gasteiger partial charge in [-0.25, -0.2) is 4.79 Å². The van der Waals surface area contributed by atoms with Gasteiger partial charge in [-0.05, 0) is 18.2 Å². The SMILES string of the molecule is O=C(O)c1ccc(CN2CCN(c3ccncc3Cl)CC2)o1. The summed E-state index contributed by atoms with van der Waals surface area (Å²) in [5.74, 6) is -0.381. The molecule has 2 aromatic rings. The summed E-state index contributed by atoms with van der Waals surface area (Å²) in [4.78, 5) is 19.3. The first kappa shape index (κ1) is 14.9. The van der Waals surface area contributed by atoms with E-state index in [1.165, 1.54) is 6.07 Å². The highest BCUT2D eigenvalue weighted by Crippen LogP contribution is 2.25. The average molecular weight is 322 g/mol. The number of anilines is 1. The Bertz CT molecular complexity index is 666. The second kappa shape index (κ2) is 6.37. The fourth-order valence-corrected chi connectivity index (χ4v) is 2.81. The lowest BCUT2D eigenvalue weighted by Crippen LogP contribution is -2.46. The number of hydrogen-bond acceptors (Lipinski definition) is 5. The molecule has 0 spiro atoms. The van der Waals surface area contributed by atoms with E-state index in [1.807, 2.05) is 6.07 Å². The average Bonchev–Trinajstić information content (AvgIpc) is 2.98. The van der Waals surface area contributed by atoms with Gasteiger partial charge in [-0.2, -0.15) is 0 Å². The summed E-state index contributed by atoms with van der Waals surface area (Å²) < 4.78 is 5.29. The highest BCUT2D eigenvalue weighted by molar-refractivity contribution is 6.33. The van der Waals surface area contributed by atoms with Crippen molar-refractivity contribution in [1.29, 1.82) is 0 Å². The van der Waals surface area contributed by atoms with Gasteiger partial charge in [-0.3, -0.25) is 9.88 Å². The Labute approximate surface area is 132 Å². The molecular weight excluding hydrogens is 306 g/mol. The second-order valence-electron chi connectivity index (χ2n) is 5.16. The maximum Gasteiger partial charge on any atom is 0.371 e. The maximum atomic E-state index is 10.8. The fraction of sp³-hybridized carbons (Fsp3) is 0.333. The molecule has 0 aromatic carbocycles. The fourth-order valence-electron chi connectivity index (χ4n) is 2.57. The van der Waals surface area contributed by atoms with Crippen LogP contribution in [0.1, 0.15) is 16.3 Å². The maximum absolute atomic E-state index is 10.8. The zero-order valence-corrected chi connectivity index (χ0v) is 12.7. The predicted molar refractivity (Wildman–Crippen MR) is 82.4 cm³/mol. The minimum atomic E-state index is -1.04. The van der Waals surface area contributed by atoms with E-state index in [9.17, 15) is 4.79 Å². The van der Waals surface area contributed by atoms with Crippen molar-refractivity contribution >= 4 is 23.3 Å². The van der Waals surface area contributed by atoms with Crippen LogP contribution in [0.25, 0.3) is 0 Å². The summed E-state index contributed by atoms with van der Waals surface area (Å²) >= 11 is 6.17. The number of aromatic nitrogens is 1. The Kier molecular flexibility index (Phi) is 4.31. The molecule has 6 nitrogen and oxygen atoms in total. The van der Waals surface area contributed by atoms with Crippen molar-refractivity contribution in [2.75, 3.05) is 31.1 Å². The van der Waals surface area contributed by atoms with Crippen LogP contribution in [0.5, 0.6) is 0 Å². The first-order valence-electron chi connectivity index (χ1n) is 7.02.